The van der Waals surface area contributed by atoms with Gasteiger partial charge in [-0.25, -0.2) is 0 Å². The largest absolute Gasteiger partial charge is 0.490 e. The first-order chi connectivity index (χ1) is 10.3. The summed E-state index contributed by atoms with van der Waals surface area (Å²) in [6, 6.07) is 14.8. The Morgan fingerprint density at radius 3 is 2.43 bits per heavy atom. The molecule has 0 aliphatic carbocycles. The van der Waals surface area contributed by atoms with E-state index < -0.39 is 0 Å². The highest BCUT2D eigenvalue weighted by Crippen LogP contribution is 2.36. The second kappa shape index (κ2) is 6.87. The molecule has 3 rings (SSSR count). The van der Waals surface area contributed by atoms with Crippen LogP contribution < -0.4 is 14.8 Å². The van der Waals surface area contributed by atoms with Crippen molar-refractivity contribution in [3.8, 4) is 11.5 Å². The Morgan fingerprint density at radius 2 is 1.67 bits per heavy atom. The summed E-state index contributed by atoms with van der Waals surface area (Å²) < 4.78 is 11.4. The molecule has 0 aromatic heterocycles. The predicted octanol–water partition coefficient (Wildman–Crippen LogP) is 3.72. The maximum absolute atomic E-state index is 5.73. The van der Waals surface area contributed by atoms with Gasteiger partial charge in [0.25, 0.3) is 0 Å². The molecule has 110 valence electrons. The van der Waals surface area contributed by atoms with Crippen LogP contribution in [-0.2, 0) is 6.54 Å². The summed E-state index contributed by atoms with van der Waals surface area (Å²) in [7, 11) is 1.96. The lowest BCUT2D eigenvalue weighted by Crippen LogP contribution is -2.04. The second-order valence-electron chi connectivity index (χ2n) is 4.94. The Hall–Kier alpha value is -1.65. The van der Waals surface area contributed by atoms with Gasteiger partial charge in [-0.2, -0.15) is 0 Å². The predicted molar refractivity (Wildman–Crippen MR) is 85.4 cm³/mol. The van der Waals surface area contributed by atoms with Crippen molar-refractivity contribution >= 4 is 11.8 Å². The van der Waals surface area contributed by atoms with Crippen LogP contribution in [0.2, 0.25) is 0 Å². The molecule has 1 aliphatic rings. The van der Waals surface area contributed by atoms with Crippen molar-refractivity contribution in [1.29, 1.82) is 0 Å². The van der Waals surface area contributed by atoms with E-state index in [4.69, 9.17) is 9.47 Å². The van der Waals surface area contributed by atoms with Crippen molar-refractivity contribution in [2.24, 2.45) is 0 Å². The van der Waals surface area contributed by atoms with E-state index in [1.165, 1.54) is 15.4 Å². The molecule has 0 fully saturated rings. The first-order valence-corrected chi connectivity index (χ1v) is 7.98. The molecule has 0 spiro atoms. The van der Waals surface area contributed by atoms with E-state index in [-0.39, 0.29) is 0 Å². The molecule has 0 bridgehead atoms. The smallest absolute Gasteiger partial charge is 0.162 e. The third kappa shape index (κ3) is 3.71. The van der Waals surface area contributed by atoms with Crippen molar-refractivity contribution in [3.63, 3.8) is 0 Å². The Labute approximate surface area is 129 Å². The van der Waals surface area contributed by atoms with Crippen LogP contribution in [0.15, 0.2) is 52.3 Å². The van der Waals surface area contributed by atoms with Gasteiger partial charge >= 0.3 is 0 Å². The lowest BCUT2D eigenvalue weighted by atomic mass is 10.2. The minimum atomic E-state index is 0.722. The molecular formula is C17H19NO2S. The molecule has 0 radical (unpaired) electrons. The first kappa shape index (κ1) is 14.3. The molecule has 1 aliphatic heterocycles. The van der Waals surface area contributed by atoms with Crippen LogP contribution in [0.5, 0.6) is 11.5 Å². The standard InChI is InChI=1S/C17H19NO2S/c1-18-12-13-3-5-14(6-4-13)21-15-7-8-16-17(11-15)20-10-2-9-19-16/h3-8,11,18H,2,9-10,12H2,1H3. The summed E-state index contributed by atoms with van der Waals surface area (Å²) in [5.41, 5.74) is 1.29. The average Bonchev–Trinajstić information content (AvgIpc) is 2.74. The highest BCUT2D eigenvalue weighted by atomic mass is 32.2. The molecule has 2 aromatic rings. The van der Waals surface area contributed by atoms with Gasteiger partial charge in [0.1, 0.15) is 0 Å². The van der Waals surface area contributed by atoms with E-state index in [1.54, 1.807) is 11.8 Å². The van der Waals surface area contributed by atoms with Crippen molar-refractivity contribution < 1.29 is 9.47 Å². The number of nitrogens with one attached hydrogen (secondary N) is 1. The molecule has 3 nitrogen and oxygen atoms in total. The molecule has 2 aromatic carbocycles. The topological polar surface area (TPSA) is 30.5 Å². The second-order valence-corrected chi connectivity index (χ2v) is 6.08. The summed E-state index contributed by atoms with van der Waals surface area (Å²) in [6.45, 7) is 2.35. The SMILES string of the molecule is CNCc1ccc(Sc2ccc3c(c2)OCCCO3)cc1. The molecule has 1 N–H and O–H groups in total. The van der Waals surface area contributed by atoms with Crippen molar-refractivity contribution in [2.45, 2.75) is 22.8 Å². The fourth-order valence-electron chi connectivity index (χ4n) is 2.22. The fourth-order valence-corrected chi connectivity index (χ4v) is 3.07. The quantitative estimate of drug-likeness (QED) is 0.932. The van der Waals surface area contributed by atoms with Crippen LogP contribution in [0.3, 0.4) is 0 Å². The maximum Gasteiger partial charge on any atom is 0.162 e. The molecular weight excluding hydrogens is 282 g/mol. The first-order valence-electron chi connectivity index (χ1n) is 7.16. The van der Waals surface area contributed by atoms with Crippen molar-refractivity contribution in [2.75, 3.05) is 20.3 Å². The summed E-state index contributed by atoms with van der Waals surface area (Å²) in [6.07, 6.45) is 0.935. The fraction of sp³-hybridized carbons (Fsp3) is 0.294. The zero-order valence-corrected chi connectivity index (χ0v) is 12.9. The third-order valence-corrected chi connectivity index (χ3v) is 4.26. The average molecular weight is 301 g/mol. The van der Waals surface area contributed by atoms with Crippen LogP contribution in [0.4, 0.5) is 0 Å². The monoisotopic (exact) mass is 301 g/mol. The molecule has 0 saturated carbocycles. The van der Waals surface area contributed by atoms with Gasteiger partial charge in [-0.15, -0.1) is 0 Å². The van der Waals surface area contributed by atoms with E-state index in [0.29, 0.717) is 0 Å². The number of benzene rings is 2. The van der Waals surface area contributed by atoms with Gasteiger partial charge in [0.2, 0.25) is 0 Å². The van der Waals surface area contributed by atoms with Gasteiger partial charge in [-0.3, -0.25) is 0 Å². The molecule has 0 amide bonds. The van der Waals surface area contributed by atoms with E-state index in [0.717, 1.165) is 37.7 Å². The van der Waals surface area contributed by atoms with Crippen molar-refractivity contribution in [1.82, 2.24) is 5.32 Å². The lowest BCUT2D eigenvalue weighted by molar-refractivity contribution is 0.297. The van der Waals surface area contributed by atoms with E-state index >= 15 is 0 Å². The molecule has 0 unspecified atom stereocenters. The van der Waals surface area contributed by atoms with Crippen LogP contribution in [0, 0.1) is 0 Å². The molecule has 0 saturated heterocycles. The van der Waals surface area contributed by atoms with Gasteiger partial charge in [0, 0.05) is 22.8 Å². The van der Waals surface area contributed by atoms with Crippen LogP contribution in [0.1, 0.15) is 12.0 Å². The number of hydrogen-bond acceptors (Lipinski definition) is 4. The Morgan fingerprint density at radius 1 is 0.952 bits per heavy atom. The number of rotatable bonds is 4. The summed E-state index contributed by atoms with van der Waals surface area (Å²) in [5, 5.41) is 3.16. The normalized spacial score (nSPS) is 13.8. The minimum Gasteiger partial charge on any atom is -0.490 e. The maximum atomic E-state index is 5.73. The van der Waals surface area contributed by atoms with Crippen molar-refractivity contribution in [3.05, 3.63) is 48.0 Å². The highest BCUT2D eigenvalue weighted by Gasteiger charge is 2.11. The Bertz CT molecular complexity index is 598. The van der Waals surface area contributed by atoms with E-state index in [1.807, 2.05) is 13.1 Å². The molecule has 1 heterocycles. The molecule has 0 atom stereocenters. The number of ether oxygens (including phenoxy) is 2. The Kier molecular flexibility index (Phi) is 4.68. The van der Waals surface area contributed by atoms with Crippen LogP contribution >= 0.6 is 11.8 Å². The van der Waals surface area contributed by atoms with Gasteiger partial charge in [-0.1, -0.05) is 23.9 Å². The number of fused-ring (bicyclic) bond motifs is 1. The molecule has 21 heavy (non-hydrogen) atoms. The van der Waals surface area contributed by atoms with Gasteiger partial charge in [0.05, 0.1) is 13.2 Å². The third-order valence-electron chi connectivity index (χ3n) is 3.26. The highest BCUT2D eigenvalue weighted by molar-refractivity contribution is 7.99. The van der Waals surface area contributed by atoms with Gasteiger partial charge < -0.3 is 14.8 Å². The van der Waals surface area contributed by atoms with E-state index in [2.05, 4.69) is 41.7 Å². The van der Waals surface area contributed by atoms with Crippen LogP contribution in [-0.4, -0.2) is 20.3 Å². The summed E-state index contributed by atoms with van der Waals surface area (Å²) >= 11 is 1.74. The molecule has 4 heteroatoms. The van der Waals surface area contributed by atoms with Gasteiger partial charge in [0.15, 0.2) is 11.5 Å². The zero-order valence-electron chi connectivity index (χ0n) is 12.1. The lowest BCUT2D eigenvalue weighted by Gasteiger charge is -2.09. The zero-order chi connectivity index (χ0) is 14.5. The van der Waals surface area contributed by atoms with Crippen LogP contribution in [0.25, 0.3) is 0 Å². The summed E-state index contributed by atoms with van der Waals surface area (Å²) in [4.78, 5) is 2.39. The minimum absolute atomic E-state index is 0.722. The Balaban J connectivity index is 1.73. The number of hydrogen-bond donors (Lipinski definition) is 1. The summed E-state index contributed by atoms with van der Waals surface area (Å²) in [5.74, 6) is 1.70. The van der Waals surface area contributed by atoms with Gasteiger partial charge in [-0.05, 0) is 42.9 Å². The van der Waals surface area contributed by atoms with E-state index in [9.17, 15) is 0 Å².